The van der Waals surface area contributed by atoms with Crippen molar-refractivity contribution in [2.24, 2.45) is 10.7 Å². The summed E-state index contributed by atoms with van der Waals surface area (Å²) in [6.45, 7) is 2.56. The third-order valence-corrected chi connectivity index (χ3v) is 5.12. The van der Waals surface area contributed by atoms with Crippen molar-refractivity contribution in [3.63, 3.8) is 0 Å². The molecule has 1 aliphatic rings. The van der Waals surface area contributed by atoms with Crippen LogP contribution in [0.15, 0.2) is 23.2 Å². The van der Waals surface area contributed by atoms with Gasteiger partial charge >= 0.3 is 0 Å². The highest BCUT2D eigenvalue weighted by Crippen LogP contribution is 2.31. The van der Waals surface area contributed by atoms with Gasteiger partial charge in [-0.3, -0.25) is 4.99 Å². The van der Waals surface area contributed by atoms with Gasteiger partial charge in [-0.15, -0.1) is 0 Å². The summed E-state index contributed by atoms with van der Waals surface area (Å²) in [6, 6.07) is 6.12. The van der Waals surface area contributed by atoms with E-state index in [9.17, 15) is 0 Å². The number of ether oxygens (including phenoxy) is 2. The topological polar surface area (TPSA) is 63.3 Å². The minimum absolute atomic E-state index is 0.127. The molecule has 0 radical (unpaired) electrons. The van der Waals surface area contributed by atoms with E-state index in [1.165, 1.54) is 0 Å². The van der Waals surface area contributed by atoms with Crippen LogP contribution in [0.3, 0.4) is 0 Å². The second-order valence-electron chi connectivity index (χ2n) is 5.89. The largest absolute Gasteiger partial charge is 0.493 e. The highest BCUT2D eigenvalue weighted by atomic mass is 32.2. The maximum Gasteiger partial charge on any atom is 0.191 e. The molecule has 1 atom stereocenters. The van der Waals surface area contributed by atoms with Gasteiger partial charge in [-0.2, -0.15) is 11.8 Å². The SMILES string of the molecule is COc1ccc(C(CN=C(N)N2CCSCC2)N(C)C)cc1OC. The Hall–Kier alpha value is -1.60. The summed E-state index contributed by atoms with van der Waals surface area (Å²) in [7, 11) is 7.38. The van der Waals surface area contributed by atoms with Crippen LogP contribution in [0.1, 0.15) is 11.6 Å². The molecule has 134 valence electrons. The summed E-state index contributed by atoms with van der Waals surface area (Å²) in [4.78, 5) is 8.95. The summed E-state index contributed by atoms with van der Waals surface area (Å²) in [5.74, 6) is 4.33. The number of hydrogen-bond donors (Lipinski definition) is 1. The van der Waals surface area contributed by atoms with E-state index in [-0.39, 0.29) is 6.04 Å². The fourth-order valence-corrected chi connectivity index (χ4v) is 3.60. The molecule has 6 nitrogen and oxygen atoms in total. The average Bonchev–Trinajstić information content (AvgIpc) is 2.61. The number of nitrogens with two attached hydrogens (primary N) is 1. The van der Waals surface area contributed by atoms with Crippen molar-refractivity contribution < 1.29 is 9.47 Å². The lowest BCUT2D eigenvalue weighted by molar-refractivity contribution is 0.302. The van der Waals surface area contributed by atoms with Crippen LogP contribution in [0.2, 0.25) is 0 Å². The van der Waals surface area contributed by atoms with E-state index < -0.39 is 0 Å². The molecule has 1 unspecified atom stereocenters. The summed E-state index contributed by atoms with van der Waals surface area (Å²) in [5, 5.41) is 0. The molecule has 0 saturated carbocycles. The Morgan fingerprint density at radius 2 is 1.92 bits per heavy atom. The molecule has 1 heterocycles. The van der Waals surface area contributed by atoms with Gasteiger partial charge in [0.15, 0.2) is 17.5 Å². The predicted molar refractivity (Wildman–Crippen MR) is 101 cm³/mol. The Morgan fingerprint density at radius 3 is 2.50 bits per heavy atom. The van der Waals surface area contributed by atoms with Crippen LogP contribution in [0, 0.1) is 0 Å². The van der Waals surface area contributed by atoms with Gasteiger partial charge in [-0.05, 0) is 31.8 Å². The third kappa shape index (κ3) is 4.70. The van der Waals surface area contributed by atoms with Crippen LogP contribution >= 0.6 is 11.8 Å². The molecule has 2 N–H and O–H groups in total. The summed E-state index contributed by atoms with van der Waals surface area (Å²) in [6.07, 6.45) is 0. The molecule has 0 spiro atoms. The van der Waals surface area contributed by atoms with Crippen molar-refractivity contribution in [1.82, 2.24) is 9.80 Å². The zero-order valence-electron chi connectivity index (χ0n) is 15.0. The number of methoxy groups -OCH3 is 2. The fourth-order valence-electron chi connectivity index (χ4n) is 2.70. The van der Waals surface area contributed by atoms with Crippen molar-refractivity contribution >= 4 is 17.7 Å². The van der Waals surface area contributed by atoms with Crippen molar-refractivity contribution in [2.75, 3.05) is 59.5 Å². The van der Waals surface area contributed by atoms with Crippen molar-refractivity contribution in [1.29, 1.82) is 0 Å². The molecule has 1 aromatic carbocycles. The van der Waals surface area contributed by atoms with Crippen LogP contribution in [-0.4, -0.2) is 75.2 Å². The van der Waals surface area contributed by atoms with Crippen LogP contribution in [0.4, 0.5) is 0 Å². The van der Waals surface area contributed by atoms with Gasteiger partial charge in [0.05, 0.1) is 26.8 Å². The van der Waals surface area contributed by atoms with Crippen molar-refractivity contribution in [3.8, 4) is 11.5 Å². The molecule has 2 rings (SSSR count). The fraction of sp³-hybridized carbons (Fsp3) is 0.588. The Balaban J connectivity index is 2.14. The average molecular weight is 353 g/mol. The molecule has 1 saturated heterocycles. The Labute approximate surface area is 149 Å². The van der Waals surface area contributed by atoms with Crippen LogP contribution in [0.25, 0.3) is 0 Å². The number of benzene rings is 1. The number of likely N-dealkylation sites (N-methyl/N-ethyl adjacent to an activating group) is 1. The number of hydrogen-bond acceptors (Lipinski definition) is 5. The molecule has 24 heavy (non-hydrogen) atoms. The Kier molecular flexibility index (Phi) is 7.05. The smallest absolute Gasteiger partial charge is 0.191 e. The van der Waals surface area contributed by atoms with E-state index in [2.05, 4.69) is 20.9 Å². The van der Waals surface area contributed by atoms with Crippen LogP contribution in [0.5, 0.6) is 11.5 Å². The maximum atomic E-state index is 6.18. The predicted octanol–water partition coefficient (Wildman–Crippen LogP) is 1.67. The normalized spacial score (nSPS) is 17.0. The summed E-state index contributed by atoms with van der Waals surface area (Å²) < 4.78 is 10.7. The lowest BCUT2D eigenvalue weighted by atomic mass is 10.1. The number of guanidine groups is 1. The quantitative estimate of drug-likeness (QED) is 0.621. The number of thioether (sulfide) groups is 1. The van der Waals surface area contributed by atoms with Gasteiger partial charge in [0.25, 0.3) is 0 Å². The molecule has 7 heteroatoms. The number of aliphatic imine (C=N–C) groups is 1. The van der Waals surface area contributed by atoms with Gasteiger partial charge in [0, 0.05) is 24.6 Å². The molecule has 0 bridgehead atoms. The van der Waals surface area contributed by atoms with E-state index in [1.807, 2.05) is 38.0 Å². The van der Waals surface area contributed by atoms with Crippen LogP contribution < -0.4 is 15.2 Å². The first kappa shape index (κ1) is 18.7. The highest BCUT2D eigenvalue weighted by molar-refractivity contribution is 7.99. The van der Waals surface area contributed by atoms with Gasteiger partial charge in [-0.25, -0.2) is 0 Å². The van der Waals surface area contributed by atoms with Gasteiger partial charge in [-0.1, -0.05) is 6.07 Å². The van der Waals surface area contributed by atoms with E-state index in [0.717, 1.165) is 41.7 Å². The Bertz CT molecular complexity index is 560. The standard InChI is InChI=1S/C17H28N4O2S/c1-20(2)14(12-19-17(18)21-7-9-24-10-8-21)13-5-6-15(22-3)16(11-13)23-4/h5-6,11,14H,7-10,12H2,1-4H3,(H2,18,19). The van der Waals surface area contributed by atoms with Gasteiger partial charge in [0.1, 0.15) is 0 Å². The van der Waals surface area contributed by atoms with Gasteiger partial charge in [0.2, 0.25) is 0 Å². The molecule has 1 aliphatic heterocycles. The molecule has 1 aromatic rings. The zero-order chi connectivity index (χ0) is 17.5. The summed E-state index contributed by atoms with van der Waals surface area (Å²) in [5.41, 5.74) is 7.31. The van der Waals surface area contributed by atoms with E-state index in [1.54, 1.807) is 14.2 Å². The van der Waals surface area contributed by atoms with Crippen molar-refractivity contribution in [3.05, 3.63) is 23.8 Å². The molecule has 0 aliphatic carbocycles. The summed E-state index contributed by atoms with van der Waals surface area (Å²) >= 11 is 1.96. The van der Waals surface area contributed by atoms with E-state index in [0.29, 0.717) is 12.5 Å². The second kappa shape index (κ2) is 9.03. The first-order valence-electron chi connectivity index (χ1n) is 8.07. The molecular weight excluding hydrogens is 324 g/mol. The number of rotatable bonds is 6. The lowest BCUT2D eigenvalue weighted by Crippen LogP contribution is -2.43. The Morgan fingerprint density at radius 1 is 1.25 bits per heavy atom. The first-order chi connectivity index (χ1) is 11.6. The highest BCUT2D eigenvalue weighted by Gasteiger charge is 2.18. The van der Waals surface area contributed by atoms with E-state index in [4.69, 9.17) is 15.2 Å². The minimum atomic E-state index is 0.127. The molecular formula is C17H28N4O2S. The zero-order valence-corrected chi connectivity index (χ0v) is 15.8. The molecule has 1 fully saturated rings. The number of nitrogens with zero attached hydrogens (tertiary/aromatic N) is 3. The van der Waals surface area contributed by atoms with E-state index >= 15 is 0 Å². The van der Waals surface area contributed by atoms with Crippen molar-refractivity contribution in [2.45, 2.75) is 6.04 Å². The molecule has 0 aromatic heterocycles. The second-order valence-corrected chi connectivity index (χ2v) is 7.12. The third-order valence-electron chi connectivity index (χ3n) is 4.18. The minimum Gasteiger partial charge on any atom is -0.493 e. The molecule has 0 amide bonds. The van der Waals surface area contributed by atoms with Crippen LogP contribution in [-0.2, 0) is 0 Å². The lowest BCUT2D eigenvalue weighted by Gasteiger charge is -2.28. The maximum absolute atomic E-state index is 6.18. The first-order valence-corrected chi connectivity index (χ1v) is 9.23. The van der Waals surface area contributed by atoms with Gasteiger partial charge < -0.3 is 25.0 Å². The monoisotopic (exact) mass is 352 g/mol.